The average Bonchev–Trinajstić information content (AvgIpc) is 2.72. The molecule has 0 aliphatic rings. The highest BCUT2D eigenvalue weighted by molar-refractivity contribution is 6.12. The summed E-state index contributed by atoms with van der Waals surface area (Å²) in [6.45, 7) is 2.04. The fourth-order valence-electron chi connectivity index (χ4n) is 3.20. The molecule has 0 aliphatic heterocycles. The van der Waals surface area contributed by atoms with Crippen LogP contribution in [0, 0.1) is 0 Å². The van der Waals surface area contributed by atoms with Gasteiger partial charge in [-0.25, -0.2) is 0 Å². The fourth-order valence-corrected chi connectivity index (χ4v) is 3.20. The summed E-state index contributed by atoms with van der Waals surface area (Å²) < 4.78 is 16.4. The summed E-state index contributed by atoms with van der Waals surface area (Å²) in [4.78, 5) is 15.2. The van der Waals surface area contributed by atoms with Crippen LogP contribution < -0.4 is 24.8 Å². The van der Waals surface area contributed by atoms with E-state index in [2.05, 4.69) is 0 Å². The number of hydrogen-bond donors (Lipinski definition) is 1. The highest BCUT2D eigenvalue weighted by atomic mass is 16.5. The molecule has 0 radical (unpaired) electrons. The molecule has 0 unspecified atom stereocenters. The van der Waals surface area contributed by atoms with Crippen molar-refractivity contribution in [3.8, 4) is 17.2 Å². The first-order chi connectivity index (χ1) is 13.9. The number of hydrogen-bond acceptors (Lipinski definition) is 6. The van der Waals surface area contributed by atoms with Gasteiger partial charge in [-0.15, -0.1) is 0 Å². The Balaban J connectivity index is 2.56. The highest BCUT2D eigenvalue weighted by Gasteiger charge is 2.18. The first-order valence-corrected chi connectivity index (χ1v) is 9.48. The van der Waals surface area contributed by atoms with Crippen LogP contribution in [0.3, 0.4) is 0 Å². The lowest BCUT2D eigenvalue weighted by Crippen LogP contribution is -2.13. The Bertz CT molecular complexity index is 904. The number of allylic oxidation sites excluding steroid dienone is 1. The summed E-state index contributed by atoms with van der Waals surface area (Å²) in [6.07, 6.45) is 3.33. The predicted molar refractivity (Wildman–Crippen MR) is 118 cm³/mol. The predicted octanol–water partition coefficient (Wildman–Crippen LogP) is 4.43. The lowest BCUT2D eigenvalue weighted by molar-refractivity contribution is 0.103. The van der Waals surface area contributed by atoms with E-state index < -0.39 is 0 Å². The Labute approximate surface area is 172 Å². The summed E-state index contributed by atoms with van der Waals surface area (Å²) in [5.74, 6) is 1.56. The van der Waals surface area contributed by atoms with Crippen molar-refractivity contribution in [2.75, 3.05) is 46.1 Å². The number of methoxy groups -OCH3 is 3. The topological polar surface area (TPSA) is 74.0 Å². The molecule has 2 N–H and O–H groups in total. The van der Waals surface area contributed by atoms with E-state index >= 15 is 0 Å². The Morgan fingerprint density at radius 1 is 1.03 bits per heavy atom. The Morgan fingerprint density at radius 2 is 1.72 bits per heavy atom. The largest absolute Gasteiger partial charge is 0.493 e. The van der Waals surface area contributed by atoms with E-state index in [0.717, 1.165) is 17.7 Å². The molecular weight excluding hydrogens is 368 g/mol. The van der Waals surface area contributed by atoms with Crippen molar-refractivity contribution in [2.24, 2.45) is 0 Å². The summed E-state index contributed by atoms with van der Waals surface area (Å²) in [6, 6.07) is 9.02. The maximum atomic E-state index is 13.3. The molecule has 2 aromatic carbocycles. The standard InChI is InChI=1S/C23H30N2O4/c1-7-8-15(21(26)16-9-11-18(24)19(14-16)25(2)3)13-17-10-12-20(27-4)23(29-6)22(17)28-5/h9-14H,7-8,24H2,1-6H3/b15-13+. The van der Waals surface area contributed by atoms with Gasteiger partial charge in [0.05, 0.1) is 32.7 Å². The van der Waals surface area contributed by atoms with Crippen LogP contribution in [0.2, 0.25) is 0 Å². The van der Waals surface area contributed by atoms with Gasteiger partial charge in [0.25, 0.3) is 0 Å². The molecule has 6 nitrogen and oxygen atoms in total. The zero-order valence-electron chi connectivity index (χ0n) is 18.0. The van der Waals surface area contributed by atoms with Crippen molar-refractivity contribution in [1.29, 1.82) is 0 Å². The SMILES string of the molecule is CCC/C(=C\c1ccc(OC)c(OC)c1OC)C(=O)c1ccc(N)c(N(C)C)c1. The molecule has 0 saturated heterocycles. The molecule has 0 fully saturated rings. The molecule has 0 bridgehead atoms. The molecule has 156 valence electrons. The Kier molecular flexibility index (Phi) is 7.53. The van der Waals surface area contributed by atoms with Crippen molar-refractivity contribution in [2.45, 2.75) is 19.8 Å². The molecule has 0 aromatic heterocycles. The van der Waals surface area contributed by atoms with E-state index in [4.69, 9.17) is 19.9 Å². The summed E-state index contributed by atoms with van der Waals surface area (Å²) in [5.41, 5.74) is 9.53. The molecule has 0 amide bonds. The summed E-state index contributed by atoms with van der Waals surface area (Å²) in [5, 5.41) is 0. The van der Waals surface area contributed by atoms with Gasteiger partial charge in [0.15, 0.2) is 17.3 Å². The van der Waals surface area contributed by atoms with Gasteiger partial charge < -0.3 is 24.8 Å². The first-order valence-electron chi connectivity index (χ1n) is 9.48. The smallest absolute Gasteiger partial charge is 0.203 e. The van der Waals surface area contributed by atoms with Gasteiger partial charge in [0.2, 0.25) is 5.75 Å². The van der Waals surface area contributed by atoms with Crippen LogP contribution >= 0.6 is 0 Å². The third kappa shape index (κ3) is 4.83. The minimum Gasteiger partial charge on any atom is -0.493 e. The summed E-state index contributed by atoms with van der Waals surface area (Å²) in [7, 11) is 8.50. The molecule has 0 heterocycles. The number of carbonyl (C=O) groups is 1. The van der Waals surface area contributed by atoms with Crippen LogP contribution in [0.1, 0.15) is 35.7 Å². The lowest BCUT2D eigenvalue weighted by Gasteiger charge is -2.17. The minimum atomic E-state index is -0.0354. The van der Waals surface area contributed by atoms with E-state index in [0.29, 0.717) is 40.5 Å². The number of carbonyl (C=O) groups excluding carboxylic acids is 1. The van der Waals surface area contributed by atoms with Crippen molar-refractivity contribution in [1.82, 2.24) is 0 Å². The van der Waals surface area contributed by atoms with Crippen molar-refractivity contribution < 1.29 is 19.0 Å². The third-order valence-electron chi connectivity index (χ3n) is 4.65. The number of nitrogen functional groups attached to an aromatic ring is 1. The second kappa shape index (κ2) is 9.87. The average molecular weight is 399 g/mol. The number of nitrogens with two attached hydrogens (primary N) is 1. The fraction of sp³-hybridized carbons (Fsp3) is 0.348. The van der Waals surface area contributed by atoms with Crippen LogP contribution in [0.5, 0.6) is 17.2 Å². The number of Topliss-reactive ketones (excluding diaryl/α,β-unsaturated/α-hetero) is 1. The van der Waals surface area contributed by atoms with Gasteiger partial charge in [-0.3, -0.25) is 4.79 Å². The zero-order chi connectivity index (χ0) is 21.6. The lowest BCUT2D eigenvalue weighted by atomic mass is 9.96. The molecule has 29 heavy (non-hydrogen) atoms. The maximum absolute atomic E-state index is 13.3. The Hall–Kier alpha value is -3.15. The highest BCUT2D eigenvalue weighted by Crippen LogP contribution is 2.41. The second-order valence-electron chi connectivity index (χ2n) is 6.84. The van der Waals surface area contributed by atoms with E-state index in [1.807, 2.05) is 44.1 Å². The molecule has 0 aliphatic carbocycles. The second-order valence-corrected chi connectivity index (χ2v) is 6.84. The quantitative estimate of drug-likeness (QED) is 0.383. The molecule has 0 saturated carbocycles. The normalized spacial score (nSPS) is 11.2. The zero-order valence-corrected chi connectivity index (χ0v) is 18.0. The van der Waals surface area contributed by atoms with E-state index in [1.54, 1.807) is 39.5 Å². The number of ether oxygens (including phenoxy) is 3. The van der Waals surface area contributed by atoms with Crippen LogP contribution in [-0.2, 0) is 0 Å². The van der Waals surface area contributed by atoms with Crippen molar-refractivity contribution in [3.05, 3.63) is 47.0 Å². The van der Waals surface area contributed by atoms with Crippen LogP contribution in [0.25, 0.3) is 6.08 Å². The van der Waals surface area contributed by atoms with Gasteiger partial charge in [-0.2, -0.15) is 0 Å². The number of ketones is 1. The molecular formula is C23H30N2O4. The first kappa shape index (κ1) is 22.1. The van der Waals surface area contributed by atoms with Crippen LogP contribution in [-0.4, -0.2) is 41.2 Å². The van der Waals surface area contributed by atoms with Gasteiger partial charge in [-0.05, 0) is 42.8 Å². The minimum absolute atomic E-state index is 0.0354. The number of rotatable bonds is 9. The van der Waals surface area contributed by atoms with Crippen molar-refractivity contribution in [3.63, 3.8) is 0 Å². The van der Waals surface area contributed by atoms with Gasteiger partial charge in [-0.1, -0.05) is 13.3 Å². The number of anilines is 2. The number of benzene rings is 2. The van der Waals surface area contributed by atoms with E-state index in [-0.39, 0.29) is 5.78 Å². The maximum Gasteiger partial charge on any atom is 0.203 e. The number of nitrogens with zero attached hydrogens (tertiary/aromatic N) is 1. The van der Waals surface area contributed by atoms with E-state index in [9.17, 15) is 4.79 Å². The van der Waals surface area contributed by atoms with Crippen LogP contribution in [0.15, 0.2) is 35.9 Å². The third-order valence-corrected chi connectivity index (χ3v) is 4.65. The van der Waals surface area contributed by atoms with E-state index in [1.165, 1.54) is 0 Å². The molecule has 0 atom stereocenters. The summed E-state index contributed by atoms with van der Waals surface area (Å²) >= 11 is 0. The van der Waals surface area contributed by atoms with Gasteiger partial charge in [0, 0.05) is 30.8 Å². The molecule has 6 heteroatoms. The van der Waals surface area contributed by atoms with Crippen molar-refractivity contribution >= 4 is 23.2 Å². The molecule has 2 aromatic rings. The van der Waals surface area contributed by atoms with Gasteiger partial charge in [0.1, 0.15) is 0 Å². The van der Waals surface area contributed by atoms with Gasteiger partial charge >= 0.3 is 0 Å². The monoisotopic (exact) mass is 398 g/mol. The molecule has 0 spiro atoms. The Morgan fingerprint density at radius 3 is 2.28 bits per heavy atom. The molecule has 2 rings (SSSR count). The van der Waals surface area contributed by atoms with Crippen LogP contribution in [0.4, 0.5) is 11.4 Å².